The third kappa shape index (κ3) is 5.24. The van der Waals surface area contributed by atoms with Crippen molar-refractivity contribution in [2.45, 2.75) is 44.6 Å². The van der Waals surface area contributed by atoms with Gasteiger partial charge in [-0.15, -0.1) is 0 Å². The van der Waals surface area contributed by atoms with Gasteiger partial charge in [-0.2, -0.15) is 5.26 Å². The molecule has 1 aliphatic rings. The molecule has 130 valence electrons. The highest BCUT2D eigenvalue weighted by Crippen LogP contribution is 2.27. The number of ether oxygens (including phenoxy) is 1. The van der Waals surface area contributed by atoms with Crippen molar-refractivity contribution in [1.29, 1.82) is 5.26 Å². The Labute approximate surface area is 144 Å². The minimum absolute atomic E-state index is 0.0863. The molecule has 1 aliphatic carbocycles. The highest BCUT2D eigenvalue weighted by molar-refractivity contribution is 5.79. The molecule has 0 saturated heterocycles. The van der Waals surface area contributed by atoms with Gasteiger partial charge in [0, 0.05) is 6.54 Å². The summed E-state index contributed by atoms with van der Waals surface area (Å²) in [5.74, 6) is 0.790. The maximum absolute atomic E-state index is 12.2. The number of carbonyl (C=O) groups is 1. The van der Waals surface area contributed by atoms with E-state index in [0.717, 1.165) is 43.4 Å². The fourth-order valence-electron chi connectivity index (χ4n) is 3.08. The monoisotopic (exact) mass is 329 g/mol. The van der Waals surface area contributed by atoms with E-state index in [4.69, 9.17) is 4.74 Å². The van der Waals surface area contributed by atoms with Gasteiger partial charge in [-0.3, -0.25) is 9.69 Å². The second-order valence-corrected chi connectivity index (χ2v) is 6.65. The third-order valence-corrected chi connectivity index (χ3v) is 4.54. The molecular formula is C19H27N3O2. The van der Waals surface area contributed by atoms with Gasteiger partial charge in [-0.25, -0.2) is 0 Å². The molecule has 0 aliphatic heterocycles. The van der Waals surface area contributed by atoms with Crippen LogP contribution in [0.4, 0.5) is 0 Å². The van der Waals surface area contributed by atoms with Crippen molar-refractivity contribution in [2.24, 2.45) is 0 Å². The van der Waals surface area contributed by atoms with Crippen LogP contribution in [0, 0.1) is 18.3 Å². The summed E-state index contributed by atoms with van der Waals surface area (Å²) in [5, 5.41) is 12.4. The first-order valence-corrected chi connectivity index (χ1v) is 8.64. The van der Waals surface area contributed by atoms with Crippen LogP contribution >= 0.6 is 0 Å². The van der Waals surface area contributed by atoms with Gasteiger partial charge < -0.3 is 10.1 Å². The van der Waals surface area contributed by atoms with E-state index in [1.165, 1.54) is 0 Å². The Morgan fingerprint density at radius 1 is 1.33 bits per heavy atom. The van der Waals surface area contributed by atoms with E-state index in [-0.39, 0.29) is 12.5 Å². The third-order valence-electron chi connectivity index (χ3n) is 4.54. The molecule has 0 atom stereocenters. The van der Waals surface area contributed by atoms with Crippen molar-refractivity contribution < 1.29 is 9.53 Å². The van der Waals surface area contributed by atoms with Crippen LogP contribution in [0.15, 0.2) is 24.3 Å². The number of para-hydroxylation sites is 1. The van der Waals surface area contributed by atoms with Gasteiger partial charge in [0.25, 0.3) is 0 Å². The molecule has 0 bridgehead atoms. The SMILES string of the molecule is Cc1ccccc1OCCN(C)CC(=O)NC1(C#N)CCCCC1. The van der Waals surface area contributed by atoms with Crippen molar-refractivity contribution in [1.82, 2.24) is 10.2 Å². The van der Waals surface area contributed by atoms with Gasteiger partial charge >= 0.3 is 0 Å². The summed E-state index contributed by atoms with van der Waals surface area (Å²) in [5.41, 5.74) is 0.444. The fraction of sp³-hybridized carbons (Fsp3) is 0.579. The van der Waals surface area contributed by atoms with Crippen molar-refractivity contribution >= 4 is 5.91 Å². The van der Waals surface area contributed by atoms with E-state index in [1.807, 2.05) is 43.1 Å². The molecule has 0 radical (unpaired) electrons. The Morgan fingerprint density at radius 2 is 2.04 bits per heavy atom. The van der Waals surface area contributed by atoms with E-state index in [1.54, 1.807) is 0 Å². The van der Waals surface area contributed by atoms with E-state index >= 15 is 0 Å². The number of rotatable bonds is 7. The zero-order valence-corrected chi connectivity index (χ0v) is 14.7. The largest absolute Gasteiger partial charge is 0.492 e. The molecule has 1 N–H and O–H groups in total. The Bertz CT molecular complexity index is 589. The van der Waals surface area contributed by atoms with Crippen LogP contribution in [0.2, 0.25) is 0 Å². The van der Waals surface area contributed by atoms with Gasteiger partial charge in [0.15, 0.2) is 0 Å². The number of nitriles is 1. The summed E-state index contributed by atoms with van der Waals surface area (Å²) in [4.78, 5) is 14.1. The van der Waals surface area contributed by atoms with Crippen LogP contribution in [0.1, 0.15) is 37.7 Å². The fourth-order valence-corrected chi connectivity index (χ4v) is 3.08. The first-order valence-electron chi connectivity index (χ1n) is 8.64. The molecule has 1 amide bonds. The molecule has 0 spiro atoms. The molecular weight excluding hydrogens is 302 g/mol. The second kappa shape index (κ2) is 8.70. The number of hydrogen-bond donors (Lipinski definition) is 1. The maximum Gasteiger partial charge on any atom is 0.235 e. The molecule has 1 fully saturated rings. The van der Waals surface area contributed by atoms with E-state index in [9.17, 15) is 10.1 Å². The summed E-state index contributed by atoms with van der Waals surface area (Å²) in [6.07, 6.45) is 4.68. The average molecular weight is 329 g/mol. The molecule has 2 rings (SSSR count). The van der Waals surface area contributed by atoms with Crippen molar-refractivity contribution in [3.05, 3.63) is 29.8 Å². The Morgan fingerprint density at radius 3 is 2.71 bits per heavy atom. The molecule has 5 nitrogen and oxygen atoms in total. The van der Waals surface area contributed by atoms with Gasteiger partial charge in [0.2, 0.25) is 5.91 Å². The zero-order chi connectivity index (χ0) is 17.4. The molecule has 0 heterocycles. The normalized spacial score (nSPS) is 16.4. The number of nitrogens with zero attached hydrogens (tertiary/aromatic N) is 2. The van der Waals surface area contributed by atoms with Gasteiger partial charge in [0.1, 0.15) is 17.9 Å². The highest BCUT2D eigenvalue weighted by Gasteiger charge is 2.33. The second-order valence-electron chi connectivity index (χ2n) is 6.65. The lowest BCUT2D eigenvalue weighted by Crippen LogP contribution is -2.51. The topological polar surface area (TPSA) is 65.4 Å². The summed E-state index contributed by atoms with van der Waals surface area (Å²) in [6, 6.07) is 10.2. The van der Waals surface area contributed by atoms with Crippen LogP contribution < -0.4 is 10.1 Å². The van der Waals surface area contributed by atoms with Gasteiger partial charge in [-0.1, -0.05) is 37.5 Å². The number of carbonyl (C=O) groups excluding carboxylic acids is 1. The molecule has 1 aromatic carbocycles. The first kappa shape index (κ1) is 18.3. The Balaban J connectivity index is 1.73. The summed E-state index contributed by atoms with van der Waals surface area (Å²) in [7, 11) is 1.89. The van der Waals surface area contributed by atoms with Gasteiger partial charge in [0.05, 0.1) is 12.6 Å². The lowest BCUT2D eigenvalue weighted by molar-refractivity contribution is -0.123. The summed E-state index contributed by atoms with van der Waals surface area (Å²) >= 11 is 0. The predicted molar refractivity (Wildman–Crippen MR) is 93.7 cm³/mol. The lowest BCUT2D eigenvalue weighted by atomic mass is 9.83. The van der Waals surface area contributed by atoms with Crippen molar-refractivity contribution in [3.63, 3.8) is 0 Å². The lowest BCUT2D eigenvalue weighted by Gasteiger charge is -2.32. The van der Waals surface area contributed by atoms with Crippen LogP contribution in [-0.2, 0) is 4.79 Å². The Hall–Kier alpha value is -2.06. The van der Waals surface area contributed by atoms with Crippen LogP contribution in [-0.4, -0.2) is 43.1 Å². The minimum Gasteiger partial charge on any atom is -0.492 e. The van der Waals surface area contributed by atoms with Crippen molar-refractivity contribution in [2.75, 3.05) is 26.7 Å². The van der Waals surface area contributed by atoms with E-state index in [0.29, 0.717) is 13.2 Å². The first-order chi connectivity index (χ1) is 11.5. The molecule has 0 aromatic heterocycles. The number of likely N-dealkylation sites (N-methyl/N-ethyl adjacent to an activating group) is 1. The van der Waals surface area contributed by atoms with Crippen LogP contribution in [0.5, 0.6) is 5.75 Å². The number of amides is 1. The number of hydrogen-bond acceptors (Lipinski definition) is 4. The Kier molecular flexibility index (Phi) is 6.62. The number of benzene rings is 1. The smallest absolute Gasteiger partial charge is 0.235 e. The van der Waals surface area contributed by atoms with E-state index < -0.39 is 5.54 Å². The van der Waals surface area contributed by atoms with E-state index in [2.05, 4.69) is 11.4 Å². The molecule has 0 unspecified atom stereocenters. The zero-order valence-electron chi connectivity index (χ0n) is 14.7. The van der Waals surface area contributed by atoms with Crippen LogP contribution in [0.3, 0.4) is 0 Å². The van der Waals surface area contributed by atoms with Gasteiger partial charge in [-0.05, 0) is 38.4 Å². The number of nitrogens with one attached hydrogen (secondary N) is 1. The predicted octanol–water partition coefficient (Wildman–Crippen LogP) is 2.65. The molecule has 1 saturated carbocycles. The molecule has 1 aromatic rings. The minimum atomic E-state index is -0.659. The van der Waals surface area contributed by atoms with Crippen LogP contribution in [0.25, 0.3) is 0 Å². The maximum atomic E-state index is 12.2. The number of aryl methyl sites for hydroxylation is 1. The molecule has 5 heteroatoms. The quantitative estimate of drug-likeness (QED) is 0.835. The molecule has 24 heavy (non-hydrogen) atoms. The highest BCUT2D eigenvalue weighted by atomic mass is 16.5. The van der Waals surface area contributed by atoms with Crippen molar-refractivity contribution in [3.8, 4) is 11.8 Å². The standard InChI is InChI=1S/C19H27N3O2/c1-16-8-4-5-9-17(16)24-13-12-22(2)14-18(23)21-19(15-20)10-6-3-7-11-19/h4-5,8-9H,3,6-7,10-14H2,1-2H3,(H,21,23). The summed E-state index contributed by atoms with van der Waals surface area (Å²) < 4.78 is 5.75. The summed E-state index contributed by atoms with van der Waals surface area (Å²) in [6.45, 7) is 3.47. The average Bonchev–Trinajstić information content (AvgIpc) is 2.57.